The van der Waals surface area contributed by atoms with Crippen LogP contribution in [0.3, 0.4) is 0 Å². The van der Waals surface area contributed by atoms with Gasteiger partial charge in [-0.15, -0.1) is 0 Å². The largest absolute Gasteiger partial charge is 0.496 e. The Morgan fingerprint density at radius 3 is 2.52 bits per heavy atom. The van der Waals surface area contributed by atoms with E-state index in [-0.39, 0.29) is 18.0 Å². The molecule has 0 saturated heterocycles. The molecule has 2 aromatic carbocycles. The summed E-state index contributed by atoms with van der Waals surface area (Å²) < 4.78 is 23.8. The fourth-order valence-corrected chi connectivity index (χ4v) is 1.95. The van der Waals surface area contributed by atoms with Gasteiger partial charge in [-0.2, -0.15) is 0 Å². The molecule has 0 aliphatic heterocycles. The quantitative estimate of drug-likeness (QED) is 0.916. The standard InChI is InChI=1S/C16H15FO4/c1-10-7-13(17)4-6-14(10)21-9-12-8-11(16(18)19)3-5-15(12)20-2/h3-8H,9H2,1-2H3,(H,18,19). The third kappa shape index (κ3) is 3.51. The van der Waals surface area contributed by atoms with Crippen molar-refractivity contribution in [1.82, 2.24) is 0 Å². The van der Waals surface area contributed by atoms with Crippen LogP contribution in [-0.4, -0.2) is 18.2 Å². The van der Waals surface area contributed by atoms with Gasteiger partial charge in [0.05, 0.1) is 12.7 Å². The van der Waals surface area contributed by atoms with Crippen LogP contribution >= 0.6 is 0 Å². The maximum atomic E-state index is 13.0. The summed E-state index contributed by atoms with van der Waals surface area (Å²) >= 11 is 0. The van der Waals surface area contributed by atoms with Gasteiger partial charge in [0.2, 0.25) is 0 Å². The summed E-state index contributed by atoms with van der Waals surface area (Å²) in [5.74, 6) is -0.263. The van der Waals surface area contributed by atoms with Crippen LogP contribution in [0.4, 0.5) is 4.39 Å². The number of methoxy groups -OCH3 is 1. The van der Waals surface area contributed by atoms with E-state index in [4.69, 9.17) is 14.6 Å². The van der Waals surface area contributed by atoms with Gasteiger partial charge >= 0.3 is 5.97 Å². The van der Waals surface area contributed by atoms with Crippen LogP contribution in [-0.2, 0) is 6.61 Å². The van der Waals surface area contributed by atoms with Crippen molar-refractivity contribution < 1.29 is 23.8 Å². The van der Waals surface area contributed by atoms with Crippen molar-refractivity contribution in [1.29, 1.82) is 0 Å². The second-order valence-corrected chi connectivity index (χ2v) is 4.53. The fourth-order valence-electron chi connectivity index (χ4n) is 1.95. The number of carbonyl (C=O) groups is 1. The molecule has 0 aromatic heterocycles. The van der Waals surface area contributed by atoms with Crippen LogP contribution in [0.25, 0.3) is 0 Å². The number of halogens is 1. The van der Waals surface area contributed by atoms with Crippen molar-refractivity contribution in [3.05, 3.63) is 58.9 Å². The Balaban J connectivity index is 2.22. The first-order chi connectivity index (χ1) is 10.0. The summed E-state index contributed by atoms with van der Waals surface area (Å²) in [4.78, 5) is 11.0. The van der Waals surface area contributed by atoms with E-state index in [1.54, 1.807) is 13.0 Å². The van der Waals surface area contributed by atoms with Gasteiger partial charge in [0.15, 0.2) is 0 Å². The lowest BCUT2D eigenvalue weighted by molar-refractivity contribution is 0.0696. The van der Waals surface area contributed by atoms with Crippen molar-refractivity contribution in [3.63, 3.8) is 0 Å². The van der Waals surface area contributed by atoms with Gasteiger partial charge in [-0.25, -0.2) is 9.18 Å². The van der Waals surface area contributed by atoms with E-state index < -0.39 is 5.97 Å². The fraction of sp³-hybridized carbons (Fsp3) is 0.188. The minimum Gasteiger partial charge on any atom is -0.496 e. The molecule has 0 spiro atoms. The minimum atomic E-state index is -1.02. The van der Waals surface area contributed by atoms with Gasteiger partial charge < -0.3 is 14.6 Å². The van der Waals surface area contributed by atoms with Gasteiger partial charge in [-0.3, -0.25) is 0 Å². The van der Waals surface area contributed by atoms with Gasteiger partial charge in [-0.1, -0.05) is 0 Å². The molecular weight excluding hydrogens is 275 g/mol. The molecule has 2 rings (SSSR count). The summed E-state index contributed by atoms with van der Waals surface area (Å²) in [6.07, 6.45) is 0. The number of carboxylic acids is 1. The molecule has 1 N–H and O–H groups in total. The predicted molar refractivity (Wildman–Crippen MR) is 75.4 cm³/mol. The number of hydrogen-bond acceptors (Lipinski definition) is 3. The lowest BCUT2D eigenvalue weighted by atomic mass is 10.1. The normalized spacial score (nSPS) is 10.2. The molecule has 5 heteroatoms. The average molecular weight is 290 g/mol. The van der Waals surface area contributed by atoms with E-state index in [1.165, 1.54) is 37.4 Å². The number of aryl methyl sites for hydroxylation is 1. The molecule has 0 atom stereocenters. The molecule has 0 heterocycles. The first kappa shape index (κ1) is 14.8. The third-order valence-electron chi connectivity index (χ3n) is 3.05. The van der Waals surface area contributed by atoms with E-state index in [9.17, 15) is 9.18 Å². The van der Waals surface area contributed by atoms with E-state index in [0.717, 1.165) is 0 Å². The number of ether oxygens (including phenoxy) is 2. The molecule has 0 fully saturated rings. The Morgan fingerprint density at radius 1 is 1.19 bits per heavy atom. The Morgan fingerprint density at radius 2 is 1.90 bits per heavy atom. The maximum absolute atomic E-state index is 13.0. The van der Waals surface area contributed by atoms with E-state index in [2.05, 4.69) is 0 Å². The maximum Gasteiger partial charge on any atom is 0.335 e. The molecule has 21 heavy (non-hydrogen) atoms. The van der Waals surface area contributed by atoms with Crippen molar-refractivity contribution in [2.75, 3.05) is 7.11 Å². The average Bonchev–Trinajstić information content (AvgIpc) is 2.46. The second-order valence-electron chi connectivity index (χ2n) is 4.53. The summed E-state index contributed by atoms with van der Waals surface area (Å²) in [5.41, 5.74) is 1.44. The number of hydrogen-bond donors (Lipinski definition) is 1. The highest BCUT2D eigenvalue weighted by atomic mass is 19.1. The highest BCUT2D eigenvalue weighted by Crippen LogP contribution is 2.24. The van der Waals surface area contributed by atoms with Crippen molar-refractivity contribution in [2.45, 2.75) is 13.5 Å². The number of carboxylic acid groups (broad SMARTS) is 1. The van der Waals surface area contributed by atoms with E-state index >= 15 is 0 Å². The minimum absolute atomic E-state index is 0.136. The summed E-state index contributed by atoms with van der Waals surface area (Å²) in [7, 11) is 1.50. The van der Waals surface area contributed by atoms with Gasteiger partial charge in [0, 0.05) is 5.56 Å². The van der Waals surface area contributed by atoms with Crippen LogP contribution in [0.1, 0.15) is 21.5 Å². The summed E-state index contributed by atoms with van der Waals surface area (Å²) in [5, 5.41) is 9.01. The molecular formula is C16H15FO4. The Labute approximate surface area is 121 Å². The lowest BCUT2D eigenvalue weighted by Crippen LogP contribution is -2.03. The van der Waals surface area contributed by atoms with Crippen LogP contribution in [0.2, 0.25) is 0 Å². The van der Waals surface area contributed by atoms with Crippen molar-refractivity contribution in [2.24, 2.45) is 0 Å². The molecule has 2 aromatic rings. The van der Waals surface area contributed by atoms with Crippen molar-refractivity contribution in [3.8, 4) is 11.5 Å². The molecule has 0 aliphatic rings. The zero-order valence-electron chi connectivity index (χ0n) is 11.7. The molecule has 0 aliphatic carbocycles. The third-order valence-corrected chi connectivity index (χ3v) is 3.05. The van der Waals surface area contributed by atoms with E-state index in [1.807, 2.05) is 0 Å². The number of rotatable bonds is 5. The monoisotopic (exact) mass is 290 g/mol. The zero-order valence-corrected chi connectivity index (χ0v) is 11.7. The van der Waals surface area contributed by atoms with Gasteiger partial charge in [-0.05, 0) is 48.9 Å². The van der Waals surface area contributed by atoms with Crippen molar-refractivity contribution >= 4 is 5.97 Å². The Bertz CT molecular complexity index is 667. The molecule has 0 saturated carbocycles. The highest BCUT2D eigenvalue weighted by molar-refractivity contribution is 5.88. The Hall–Kier alpha value is -2.56. The highest BCUT2D eigenvalue weighted by Gasteiger charge is 2.10. The second kappa shape index (κ2) is 6.26. The first-order valence-corrected chi connectivity index (χ1v) is 6.30. The van der Waals surface area contributed by atoms with Gasteiger partial charge in [0.25, 0.3) is 0 Å². The molecule has 4 nitrogen and oxygen atoms in total. The Kier molecular flexibility index (Phi) is 4.42. The van der Waals surface area contributed by atoms with Crippen LogP contribution < -0.4 is 9.47 Å². The smallest absolute Gasteiger partial charge is 0.335 e. The number of aromatic carboxylic acids is 1. The van der Waals surface area contributed by atoms with Crippen LogP contribution in [0, 0.1) is 12.7 Å². The topological polar surface area (TPSA) is 55.8 Å². The summed E-state index contributed by atoms with van der Waals surface area (Å²) in [6.45, 7) is 1.88. The molecule has 110 valence electrons. The zero-order chi connectivity index (χ0) is 15.4. The molecule has 0 bridgehead atoms. The summed E-state index contributed by atoms with van der Waals surface area (Å²) in [6, 6.07) is 8.78. The number of benzene rings is 2. The SMILES string of the molecule is COc1ccc(C(=O)O)cc1COc1ccc(F)cc1C. The predicted octanol–water partition coefficient (Wildman–Crippen LogP) is 3.42. The van der Waals surface area contributed by atoms with Crippen LogP contribution in [0.15, 0.2) is 36.4 Å². The van der Waals surface area contributed by atoms with Crippen LogP contribution in [0.5, 0.6) is 11.5 Å². The molecule has 0 amide bonds. The first-order valence-electron chi connectivity index (χ1n) is 6.30. The lowest BCUT2D eigenvalue weighted by Gasteiger charge is -2.12. The van der Waals surface area contributed by atoms with E-state index in [0.29, 0.717) is 22.6 Å². The molecule has 0 unspecified atom stereocenters. The van der Waals surface area contributed by atoms with Gasteiger partial charge in [0.1, 0.15) is 23.9 Å². The molecule has 0 radical (unpaired) electrons.